The molecule has 0 aliphatic carbocycles. The summed E-state index contributed by atoms with van der Waals surface area (Å²) >= 11 is 12.2. The van der Waals surface area contributed by atoms with Gasteiger partial charge in [0.25, 0.3) is 5.56 Å². The van der Waals surface area contributed by atoms with Gasteiger partial charge in [0.15, 0.2) is 0 Å². The molecule has 4 rings (SSSR count). The van der Waals surface area contributed by atoms with Gasteiger partial charge in [-0.3, -0.25) is 19.4 Å². The quantitative estimate of drug-likeness (QED) is 0.643. The number of nitrogens with one attached hydrogen (secondary N) is 3. The molecule has 31 heavy (non-hydrogen) atoms. The second-order valence-corrected chi connectivity index (χ2v) is 9.18. The molecule has 2 aliphatic rings. The van der Waals surface area contributed by atoms with E-state index in [0.717, 1.165) is 19.5 Å². The SMILES string of the molecule is C[C@@H]1C[C@H](C)CN(c2nc3c(c(=O)[nH]2)[C@@H](C(=O)Nc2cccc(Cl)c2Cl)CC(=O)N3)C1. The van der Waals surface area contributed by atoms with Crippen LogP contribution >= 0.6 is 23.2 Å². The summed E-state index contributed by atoms with van der Waals surface area (Å²) in [5, 5.41) is 5.80. The van der Waals surface area contributed by atoms with Crippen molar-refractivity contribution in [2.24, 2.45) is 11.8 Å². The van der Waals surface area contributed by atoms with Crippen molar-refractivity contribution in [3.63, 3.8) is 0 Å². The number of benzene rings is 1. The van der Waals surface area contributed by atoms with Crippen molar-refractivity contribution in [1.29, 1.82) is 0 Å². The van der Waals surface area contributed by atoms with Crippen molar-refractivity contribution in [3.05, 3.63) is 44.2 Å². The molecule has 3 N–H and O–H groups in total. The van der Waals surface area contributed by atoms with Crippen LogP contribution in [0.25, 0.3) is 0 Å². The van der Waals surface area contributed by atoms with E-state index in [-0.39, 0.29) is 33.8 Å². The Hall–Kier alpha value is -2.58. The van der Waals surface area contributed by atoms with Crippen molar-refractivity contribution in [1.82, 2.24) is 9.97 Å². The zero-order valence-electron chi connectivity index (χ0n) is 17.2. The van der Waals surface area contributed by atoms with Crippen LogP contribution in [0, 0.1) is 11.8 Å². The van der Waals surface area contributed by atoms with Crippen molar-refractivity contribution in [2.75, 3.05) is 28.6 Å². The fourth-order valence-electron chi connectivity index (χ4n) is 4.39. The second kappa shape index (κ2) is 8.51. The smallest absolute Gasteiger partial charge is 0.258 e. The molecule has 3 atom stereocenters. The third-order valence-electron chi connectivity index (χ3n) is 5.63. The summed E-state index contributed by atoms with van der Waals surface area (Å²) < 4.78 is 0. The number of halogens is 2. The van der Waals surface area contributed by atoms with Crippen LogP contribution in [0.1, 0.15) is 38.2 Å². The lowest BCUT2D eigenvalue weighted by Gasteiger charge is -2.35. The molecule has 1 aromatic carbocycles. The summed E-state index contributed by atoms with van der Waals surface area (Å²) in [5.41, 5.74) is 0.00401. The highest BCUT2D eigenvalue weighted by Gasteiger charge is 2.36. The summed E-state index contributed by atoms with van der Waals surface area (Å²) in [6.45, 7) is 5.83. The number of nitrogens with zero attached hydrogens (tertiary/aromatic N) is 2. The number of rotatable bonds is 3. The third-order valence-corrected chi connectivity index (χ3v) is 6.45. The molecule has 0 bridgehead atoms. The standard InChI is InChI=1S/C21H23Cl2N5O3/c1-10-6-11(2)9-28(8-10)21-26-18-16(20(31)27-21)12(7-15(29)25-18)19(30)24-14-5-3-4-13(22)17(14)23/h3-5,10-12H,6-9H2,1-2H3,(H,24,30)(H2,25,26,27,29,31)/t10-,11+,12-/m0/s1. The van der Waals surface area contributed by atoms with Gasteiger partial charge in [-0.05, 0) is 30.4 Å². The van der Waals surface area contributed by atoms with Gasteiger partial charge in [0.2, 0.25) is 17.8 Å². The molecule has 1 aromatic heterocycles. The molecule has 0 saturated carbocycles. The lowest BCUT2D eigenvalue weighted by atomic mass is 9.91. The van der Waals surface area contributed by atoms with Gasteiger partial charge < -0.3 is 15.5 Å². The molecular weight excluding hydrogens is 441 g/mol. The van der Waals surface area contributed by atoms with Gasteiger partial charge in [-0.1, -0.05) is 43.1 Å². The summed E-state index contributed by atoms with van der Waals surface area (Å²) in [5.74, 6) is -0.459. The van der Waals surface area contributed by atoms with Gasteiger partial charge in [-0.15, -0.1) is 0 Å². The Morgan fingerprint density at radius 1 is 1.19 bits per heavy atom. The molecule has 10 heteroatoms. The van der Waals surface area contributed by atoms with Gasteiger partial charge in [0.05, 0.1) is 27.2 Å². The molecule has 1 fully saturated rings. The highest BCUT2D eigenvalue weighted by molar-refractivity contribution is 6.44. The predicted molar refractivity (Wildman–Crippen MR) is 121 cm³/mol. The molecule has 3 heterocycles. The van der Waals surface area contributed by atoms with Gasteiger partial charge in [0.1, 0.15) is 5.82 Å². The van der Waals surface area contributed by atoms with Crippen molar-refractivity contribution in [2.45, 2.75) is 32.6 Å². The Kier molecular flexibility index (Phi) is 5.94. The topological polar surface area (TPSA) is 107 Å². The maximum absolute atomic E-state index is 13.0. The summed E-state index contributed by atoms with van der Waals surface area (Å²) in [7, 11) is 0. The average Bonchev–Trinajstić information content (AvgIpc) is 2.69. The first-order chi connectivity index (χ1) is 14.7. The molecule has 0 radical (unpaired) electrons. The highest BCUT2D eigenvalue weighted by Crippen LogP contribution is 2.34. The number of hydrogen-bond donors (Lipinski definition) is 3. The van der Waals surface area contributed by atoms with E-state index < -0.39 is 17.4 Å². The summed E-state index contributed by atoms with van der Waals surface area (Å²) in [4.78, 5) is 47.6. The monoisotopic (exact) mass is 463 g/mol. The molecule has 1 saturated heterocycles. The van der Waals surface area contributed by atoms with Crippen molar-refractivity contribution >= 4 is 52.5 Å². The number of amides is 2. The van der Waals surface area contributed by atoms with E-state index in [4.69, 9.17) is 23.2 Å². The van der Waals surface area contributed by atoms with Crippen molar-refractivity contribution < 1.29 is 9.59 Å². The largest absolute Gasteiger partial charge is 0.342 e. The first-order valence-corrected chi connectivity index (χ1v) is 10.9. The van der Waals surface area contributed by atoms with E-state index in [1.807, 2.05) is 4.90 Å². The third kappa shape index (κ3) is 4.41. The van der Waals surface area contributed by atoms with E-state index in [1.165, 1.54) is 0 Å². The minimum Gasteiger partial charge on any atom is -0.342 e. The Bertz CT molecular complexity index is 1090. The minimum atomic E-state index is -0.997. The molecule has 164 valence electrons. The molecule has 0 unspecified atom stereocenters. The van der Waals surface area contributed by atoms with Crippen LogP contribution < -0.4 is 21.1 Å². The average molecular weight is 464 g/mol. The van der Waals surface area contributed by atoms with E-state index in [0.29, 0.717) is 23.5 Å². The van der Waals surface area contributed by atoms with E-state index in [2.05, 4.69) is 34.4 Å². The molecule has 0 spiro atoms. The number of fused-ring (bicyclic) bond motifs is 1. The number of carbonyl (C=O) groups excluding carboxylic acids is 2. The molecule has 2 aliphatic heterocycles. The van der Waals surface area contributed by atoms with E-state index >= 15 is 0 Å². The molecule has 2 amide bonds. The molecule has 8 nitrogen and oxygen atoms in total. The number of aromatic amines is 1. The van der Waals surface area contributed by atoms with Crippen LogP contribution in [-0.4, -0.2) is 34.9 Å². The lowest BCUT2D eigenvalue weighted by Crippen LogP contribution is -2.42. The Morgan fingerprint density at radius 3 is 2.61 bits per heavy atom. The van der Waals surface area contributed by atoms with Crippen LogP contribution in [0.2, 0.25) is 10.0 Å². The van der Waals surface area contributed by atoms with Gasteiger partial charge in [-0.2, -0.15) is 4.98 Å². The van der Waals surface area contributed by atoms with Crippen LogP contribution in [0.5, 0.6) is 0 Å². The highest BCUT2D eigenvalue weighted by atomic mass is 35.5. The lowest BCUT2D eigenvalue weighted by molar-refractivity contribution is -0.123. The number of anilines is 3. The number of hydrogen-bond acceptors (Lipinski definition) is 5. The van der Waals surface area contributed by atoms with E-state index in [1.54, 1.807) is 18.2 Å². The van der Waals surface area contributed by atoms with Crippen LogP contribution in [0.15, 0.2) is 23.0 Å². The first-order valence-electron chi connectivity index (χ1n) is 10.2. The van der Waals surface area contributed by atoms with Gasteiger partial charge in [-0.25, -0.2) is 0 Å². The number of H-pyrrole nitrogens is 1. The molecular formula is C21H23Cl2N5O3. The number of aromatic nitrogens is 2. The Morgan fingerprint density at radius 2 is 1.90 bits per heavy atom. The Labute approximate surface area is 189 Å². The van der Waals surface area contributed by atoms with Crippen LogP contribution in [0.3, 0.4) is 0 Å². The zero-order chi connectivity index (χ0) is 22.3. The first kappa shape index (κ1) is 21.6. The number of carbonyl (C=O) groups is 2. The normalized spacial score (nSPS) is 23.2. The fraction of sp³-hybridized carbons (Fsp3) is 0.429. The Balaban J connectivity index is 1.66. The second-order valence-electron chi connectivity index (χ2n) is 8.40. The van der Waals surface area contributed by atoms with Crippen LogP contribution in [-0.2, 0) is 9.59 Å². The predicted octanol–water partition coefficient (Wildman–Crippen LogP) is 3.62. The number of piperidine rings is 1. The minimum absolute atomic E-state index is 0.123. The zero-order valence-corrected chi connectivity index (χ0v) is 18.7. The van der Waals surface area contributed by atoms with E-state index in [9.17, 15) is 14.4 Å². The maximum Gasteiger partial charge on any atom is 0.258 e. The molecule has 2 aromatic rings. The van der Waals surface area contributed by atoms with Gasteiger partial charge in [0, 0.05) is 19.5 Å². The maximum atomic E-state index is 13.0. The van der Waals surface area contributed by atoms with Crippen LogP contribution in [0.4, 0.5) is 17.5 Å². The summed E-state index contributed by atoms with van der Waals surface area (Å²) in [6, 6.07) is 4.84. The van der Waals surface area contributed by atoms with Gasteiger partial charge >= 0.3 is 0 Å². The summed E-state index contributed by atoms with van der Waals surface area (Å²) in [6.07, 6.45) is 0.940. The van der Waals surface area contributed by atoms with Crippen molar-refractivity contribution in [3.8, 4) is 0 Å². The fourth-order valence-corrected chi connectivity index (χ4v) is 4.74.